The molecule has 2 unspecified atom stereocenters. The Morgan fingerprint density at radius 1 is 1.00 bits per heavy atom. The van der Waals surface area contributed by atoms with Crippen molar-refractivity contribution in [1.82, 2.24) is 0 Å². The van der Waals surface area contributed by atoms with Gasteiger partial charge < -0.3 is 14.9 Å². The molecule has 15 heavy (non-hydrogen) atoms. The van der Waals surface area contributed by atoms with Crippen LogP contribution in [0.25, 0.3) is 0 Å². The van der Waals surface area contributed by atoms with Gasteiger partial charge in [-0.05, 0) is 12.8 Å². The van der Waals surface area contributed by atoms with Gasteiger partial charge in [-0.15, -0.1) is 0 Å². The number of carboxylic acid groups (broad SMARTS) is 2. The van der Waals surface area contributed by atoms with Gasteiger partial charge in [0.15, 0.2) is 12.2 Å². The van der Waals surface area contributed by atoms with Gasteiger partial charge in [-0.1, -0.05) is 26.7 Å². The van der Waals surface area contributed by atoms with E-state index < -0.39 is 24.1 Å². The molecule has 0 heterocycles. The summed E-state index contributed by atoms with van der Waals surface area (Å²) in [5.41, 5.74) is 0. The molecular formula is C10H18O5. The Labute approximate surface area is 89.0 Å². The molecule has 0 fully saturated rings. The van der Waals surface area contributed by atoms with E-state index in [1.54, 1.807) is 0 Å². The largest absolute Gasteiger partial charge is 0.479 e. The van der Waals surface area contributed by atoms with E-state index in [4.69, 9.17) is 14.9 Å². The number of hydrogen-bond donors (Lipinski definition) is 2. The average Bonchev–Trinajstić information content (AvgIpc) is 2.15. The SMILES string of the molecule is CCCC(OC(CCC)C(=O)O)C(=O)O. The van der Waals surface area contributed by atoms with Gasteiger partial charge in [0.1, 0.15) is 0 Å². The first-order chi connectivity index (χ1) is 7.02. The molecule has 0 saturated carbocycles. The molecule has 0 spiro atoms. The van der Waals surface area contributed by atoms with Crippen LogP contribution < -0.4 is 0 Å². The molecule has 0 aliphatic rings. The molecule has 0 aromatic rings. The van der Waals surface area contributed by atoms with Crippen molar-refractivity contribution in [2.75, 3.05) is 0 Å². The van der Waals surface area contributed by atoms with E-state index >= 15 is 0 Å². The van der Waals surface area contributed by atoms with Crippen molar-refractivity contribution >= 4 is 11.9 Å². The Hall–Kier alpha value is -1.10. The fourth-order valence-corrected chi connectivity index (χ4v) is 1.22. The van der Waals surface area contributed by atoms with E-state index in [0.717, 1.165) is 0 Å². The smallest absolute Gasteiger partial charge is 0.332 e. The number of carboxylic acids is 2. The van der Waals surface area contributed by atoms with E-state index in [9.17, 15) is 9.59 Å². The fraction of sp³-hybridized carbons (Fsp3) is 0.800. The van der Waals surface area contributed by atoms with Crippen molar-refractivity contribution in [3.05, 3.63) is 0 Å². The monoisotopic (exact) mass is 218 g/mol. The first-order valence-corrected chi connectivity index (χ1v) is 5.13. The topological polar surface area (TPSA) is 83.8 Å². The van der Waals surface area contributed by atoms with E-state index in [1.165, 1.54) is 0 Å². The summed E-state index contributed by atoms with van der Waals surface area (Å²) in [5.74, 6) is -2.20. The highest BCUT2D eigenvalue weighted by Gasteiger charge is 2.25. The Kier molecular flexibility index (Phi) is 6.70. The third-order valence-electron chi connectivity index (χ3n) is 1.98. The van der Waals surface area contributed by atoms with Crippen LogP contribution in [-0.2, 0) is 14.3 Å². The lowest BCUT2D eigenvalue weighted by Gasteiger charge is -2.18. The molecule has 0 aromatic heterocycles. The lowest BCUT2D eigenvalue weighted by Crippen LogP contribution is -2.33. The van der Waals surface area contributed by atoms with Crippen LogP contribution in [0.1, 0.15) is 39.5 Å². The van der Waals surface area contributed by atoms with Crippen molar-refractivity contribution in [3.8, 4) is 0 Å². The molecule has 0 amide bonds. The second-order valence-corrected chi connectivity index (χ2v) is 3.37. The Morgan fingerprint density at radius 3 is 1.53 bits per heavy atom. The van der Waals surface area contributed by atoms with Crippen LogP contribution in [-0.4, -0.2) is 34.4 Å². The summed E-state index contributed by atoms with van der Waals surface area (Å²) in [5, 5.41) is 17.6. The highest BCUT2D eigenvalue weighted by Crippen LogP contribution is 2.10. The Morgan fingerprint density at radius 2 is 1.33 bits per heavy atom. The Bertz CT molecular complexity index is 192. The molecule has 2 N–H and O–H groups in total. The predicted molar refractivity (Wildman–Crippen MR) is 53.7 cm³/mol. The molecule has 2 atom stereocenters. The molecule has 0 aliphatic carbocycles. The highest BCUT2D eigenvalue weighted by molar-refractivity contribution is 5.75. The number of rotatable bonds is 8. The van der Waals surface area contributed by atoms with Gasteiger partial charge in [-0.3, -0.25) is 0 Å². The molecule has 5 nitrogen and oxygen atoms in total. The minimum absolute atomic E-state index is 0.336. The summed E-state index contributed by atoms with van der Waals surface area (Å²) >= 11 is 0. The molecule has 0 rings (SSSR count). The molecule has 0 bridgehead atoms. The molecule has 0 aliphatic heterocycles. The summed E-state index contributed by atoms with van der Waals surface area (Å²) in [4.78, 5) is 21.5. The average molecular weight is 218 g/mol. The molecule has 88 valence electrons. The quantitative estimate of drug-likeness (QED) is 0.645. The van der Waals surface area contributed by atoms with Crippen LogP contribution in [0.15, 0.2) is 0 Å². The van der Waals surface area contributed by atoms with Crippen LogP contribution in [0.5, 0.6) is 0 Å². The van der Waals surface area contributed by atoms with Crippen LogP contribution in [0.3, 0.4) is 0 Å². The molecule has 5 heteroatoms. The van der Waals surface area contributed by atoms with Crippen molar-refractivity contribution in [2.45, 2.75) is 51.7 Å². The summed E-state index contributed by atoms with van der Waals surface area (Å²) in [6.45, 7) is 3.66. The van der Waals surface area contributed by atoms with E-state index in [-0.39, 0.29) is 0 Å². The van der Waals surface area contributed by atoms with Crippen molar-refractivity contribution < 1.29 is 24.5 Å². The first kappa shape index (κ1) is 13.9. The summed E-state index contributed by atoms with van der Waals surface area (Å²) < 4.78 is 5.06. The number of ether oxygens (including phenoxy) is 1. The summed E-state index contributed by atoms with van der Waals surface area (Å²) in [6, 6.07) is 0. The minimum Gasteiger partial charge on any atom is -0.479 e. The van der Waals surface area contributed by atoms with Gasteiger partial charge in [-0.25, -0.2) is 9.59 Å². The maximum atomic E-state index is 10.7. The number of aliphatic carboxylic acids is 2. The van der Waals surface area contributed by atoms with Crippen LogP contribution >= 0.6 is 0 Å². The van der Waals surface area contributed by atoms with Gasteiger partial charge in [0, 0.05) is 0 Å². The molecule has 0 aromatic carbocycles. The van der Waals surface area contributed by atoms with Gasteiger partial charge in [-0.2, -0.15) is 0 Å². The van der Waals surface area contributed by atoms with Crippen LogP contribution in [0.4, 0.5) is 0 Å². The van der Waals surface area contributed by atoms with Gasteiger partial charge in [0.05, 0.1) is 0 Å². The third kappa shape index (κ3) is 5.37. The zero-order valence-corrected chi connectivity index (χ0v) is 9.10. The predicted octanol–water partition coefficient (Wildman–Crippen LogP) is 1.51. The first-order valence-electron chi connectivity index (χ1n) is 5.13. The standard InChI is InChI=1S/C10H18O5/c1-3-5-7(9(11)12)15-8(6-4-2)10(13)14/h7-8H,3-6H2,1-2H3,(H,11,12)(H,13,14). The van der Waals surface area contributed by atoms with Crippen molar-refractivity contribution in [1.29, 1.82) is 0 Å². The van der Waals surface area contributed by atoms with E-state index in [1.807, 2.05) is 13.8 Å². The minimum atomic E-state index is -1.10. The van der Waals surface area contributed by atoms with Crippen molar-refractivity contribution in [3.63, 3.8) is 0 Å². The summed E-state index contributed by atoms with van der Waals surface area (Å²) in [6.07, 6.45) is -0.0541. The second kappa shape index (κ2) is 7.23. The normalized spacial score (nSPS) is 14.5. The van der Waals surface area contributed by atoms with Gasteiger partial charge in [0.25, 0.3) is 0 Å². The zero-order chi connectivity index (χ0) is 11.8. The summed E-state index contributed by atoms with van der Waals surface area (Å²) in [7, 11) is 0. The number of carbonyl (C=O) groups is 2. The fourth-order valence-electron chi connectivity index (χ4n) is 1.22. The number of hydrogen-bond acceptors (Lipinski definition) is 3. The lowest BCUT2D eigenvalue weighted by molar-refractivity contribution is -0.166. The maximum absolute atomic E-state index is 10.7. The Balaban J connectivity index is 4.32. The molecule has 0 saturated heterocycles. The van der Waals surface area contributed by atoms with Gasteiger partial charge in [0.2, 0.25) is 0 Å². The van der Waals surface area contributed by atoms with Crippen LogP contribution in [0.2, 0.25) is 0 Å². The third-order valence-corrected chi connectivity index (χ3v) is 1.98. The molecule has 0 radical (unpaired) electrons. The second-order valence-electron chi connectivity index (χ2n) is 3.37. The zero-order valence-electron chi connectivity index (χ0n) is 9.10. The van der Waals surface area contributed by atoms with Crippen molar-refractivity contribution in [2.24, 2.45) is 0 Å². The highest BCUT2D eigenvalue weighted by atomic mass is 16.5. The lowest BCUT2D eigenvalue weighted by atomic mass is 10.1. The molecular weight excluding hydrogens is 200 g/mol. The maximum Gasteiger partial charge on any atom is 0.332 e. The van der Waals surface area contributed by atoms with E-state index in [0.29, 0.717) is 25.7 Å². The van der Waals surface area contributed by atoms with Crippen LogP contribution in [0, 0.1) is 0 Å². The van der Waals surface area contributed by atoms with E-state index in [2.05, 4.69) is 0 Å². The van der Waals surface area contributed by atoms with Gasteiger partial charge >= 0.3 is 11.9 Å².